The highest BCUT2D eigenvalue weighted by Gasteiger charge is 2.46. The van der Waals surface area contributed by atoms with Crippen LogP contribution in [0.4, 0.5) is 0 Å². The van der Waals surface area contributed by atoms with E-state index in [1.54, 1.807) is 34.6 Å². The highest BCUT2D eigenvalue weighted by molar-refractivity contribution is 5.99. The fourth-order valence-electron chi connectivity index (χ4n) is 12.2. The smallest absolute Gasteiger partial charge is 0.329 e. The van der Waals surface area contributed by atoms with E-state index in [9.17, 15) is 48.6 Å². The third-order valence-electron chi connectivity index (χ3n) is 18.1. The molecular weight excluding hydrogens is 1210 g/mol. The van der Waals surface area contributed by atoms with Crippen LogP contribution < -0.4 is 21.3 Å². The second-order valence-corrected chi connectivity index (χ2v) is 29.6. The molecule has 0 spiro atoms. The number of amides is 10. The SMILES string of the molecule is CC(C)C[C@@H]1NC(=O)[C@@H](CC(C)C)N(C)C(=O)[C@@H](C(C)C)OC(=O)[C@@H](C)NC(=O)[C@@H](CC(C)C)N(C)C(=O)[C@@H](CC(C)C)NC(=O)[C@H](CC(C)C)N(C)C(=O)CN(C)C(=O)[C@H](C(C)O)NC(=O)[C@H](C(O)[C@H](C)CCN(C)C2CCOCC2)N(C)C(=O)[C@@H](C(C)C)N(C)C1=O. The number of hydrogen-bond donors (Lipinski definition) is 6. The molecule has 26 heteroatoms. The van der Waals surface area contributed by atoms with E-state index >= 15 is 14.4 Å². The molecule has 2 rings (SSSR count). The minimum Gasteiger partial charge on any atom is -0.450 e. The molecule has 0 aromatic heterocycles. The summed E-state index contributed by atoms with van der Waals surface area (Å²) in [6.07, 6.45) is -2.23. The number of aliphatic hydroxyl groups excluding tert-OH is 2. The van der Waals surface area contributed by atoms with Crippen molar-refractivity contribution in [2.45, 2.75) is 248 Å². The van der Waals surface area contributed by atoms with Gasteiger partial charge >= 0.3 is 5.97 Å². The number of hydrogen-bond acceptors (Lipinski definition) is 16. The summed E-state index contributed by atoms with van der Waals surface area (Å²) in [6.45, 7) is 30.5. The average molecular weight is 1330 g/mol. The Balaban J connectivity index is 3.03. The van der Waals surface area contributed by atoms with Gasteiger partial charge in [0.25, 0.3) is 5.91 Å². The summed E-state index contributed by atoms with van der Waals surface area (Å²) in [5.41, 5.74) is 0. The Bertz CT molecular complexity index is 2520. The van der Waals surface area contributed by atoms with Crippen LogP contribution in [0.15, 0.2) is 0 Å². The molecule has 2 aliphatic heterocycles. The molecule has 2 unspecified atom stereocenters. The first-order chi connectivity index (χ1) is 43.5. The monoisotopic (exact) mass is 1330 g/mol. The van der Waals surface area contributed by atoms with Gasteiger partial charge in [-0.3, -0.25) is 47.9 Å². The van der Waals surface area contributed by atoms with E-state index in [1.807, 2.05) is 76.3 Å². The number of likely N-dealkylation sites (N-methyl/N-ethyl adjacent to an activating group) is 6. The molecule has 0 radical (unpaired) electrons. The highest BCUT2D eigenvalue weighted by Crippen LogP contribution is 2.26. The summed E-state index contributed by atoms with van der Waals surface area (Å²) >= 11 is 0. The van der Waals surface area contributed by atoms with Crippen LogP contribution in [0.25, 0.3) is 0 Å². The molecule has 2 saturated heterocycles. The maximum Gasteiger partial charge on any atom is 0.329 e. The Hall–Kier alpha value is -5.99. The summed E-state index contributed by atoms with van der Waals surface area (Å²) < 4.78 is 11.5. The van der Waals surface area contributed by atoms with Gasteiger partial charge < -0.3 is 75.3 Å². The van der Waals surface area contributed by atoms with Crippen molar-refractivity contribution in [3.8, 4) is 0 Å². The predicted molar refractivity (Wildman–Crippen MR) is 359 cm³/mol. The van der Waals surface area contributed by atoms with Gasteiger partial charge in [-0.1, -0.05) is 104 Å². The van der Waals surface area contributed by atoms with E-state index in [2.05, 4.69) is 26.2 Å². The maximum atomic E-state index is 15.4. The number of cyclic esters (lactones) is 1. The van der Waals surface area contributed by atoms with Gasteiger partial charge in [0.1, 0.15) is 54.4 Å². The second-order valence-electron chi connectivity index (χ2n) is 29.6. The van der Waals surface area contributed by atoms with Crippen molar-refractivity contribution in [1.29, 1.82) is 0 Å². The quantitative estimate of drug-likeness (QED) is 0.101. The largest absolute Gasteiger partial charge is 0.450 e. The van der Waals surface area contributed by atoms with Crippen molar-refractivity contribution in [3.63, 3.8) is 0 Å². The lowest BCUT2D eigenvalue weighted by molar-refractivity contribution is -0.166. The zero-order valence-corrected chi connectivity index (χ0v) is 61.4. The summed E-state index contributed by atoms with van der Waals surface area (Å²) in [7, 11) is 10.2. The fraction of sp³-hybridized carbons (Fsp3) is 0.838. The Labute approximate surface area is 561 Å². The van der Waals surface area contributed by atoms with Crippen LogP contribution >= 0.6 is 0 Å². The van der Waals surface area contributed by atoms with Crippen LogP contribution in [-0.4, -0.2) is 264 Å². The number of esters is 1. The van der Waals surface area contributed by atoms with Gasteiger partial charge in [-0.05, 0) is 126 Å². The standard InChI is InChI=1S/C68H123N11O15/c1-37(2)31-48-63(87)76(21)51(34-40(7)8)59(83)69-45(16)68(92)94-58(43(13)14)67(91)77(22)52(35-41(9)10)61(85)71-49(32-38(3)4)64(88)78(23)55(42(11)12)66(90)79(24)56(57(82)44(15)25-28-73(18)47-26-29-93-30-27-47)62(86)72-54(46(17)80)65(89)74(19)36-53(81)75(20)50(33-39(5)6)60(84)70-48/h37-52,54-58,80,82H,25-36H2,1-24H3,(H,69,83)(H,70,84)(H,71,85)(H,72,86)/t44-,45-,46?,48-,49+,50+,51-,52-,54+,55-,56+,57?,58-/m1/s1. The lowest BCUT2D eigenvalue weighted by atomic mass is 9.91. The summed E-state index contributed by atoms with van der Waals surface area (Å²) in [6, 6.07) is -12.1. The molecule has 0 saturated carbocycles. The molecule has 0 aliphatic carbocycles. The molecule has 6 N–H and O–H groups in total. The van der Waals surface area contributed by atoms with E-state index < -0.39 is 162 Å². The average Bonchev–Trinajstić information content (AvgIpc) is 0.832. The van der Waals surface area contributed by atoms with Gasteiger partial charge in [0, 0.05) is 61.5 Å². The molecule has 2 heterocycles. The van der Waals surface area contributed by atoms with Gasteiger partial charge in [-0.2, -0.15) is 0 Å². The molecule has 26 nitrogen and oxygen atoms in total. The van der Waals surface area contributed by atoms with Crippen molar-refractivity contribution in [3.05, 3.63) is 0 Å². The maximum absolute atomic E-state index is 15.4. The first kappa shape index (κ1) is 84.1. The molecule has 94 heavy (non-hydrogen) atoms. The topological polar surface area (TPSA) is 317 Å². The molecule has 13 atom stereocenters. The molecular formula is C68H123N11O15. The molecule has 0 bridgehead atoms. The molecule has 2 fully saturated rings. The van der Waals surface area contributed by atoms with Gasteiger partial charge in [-0.25, -0.2) is 4.79 Å². The van der Waals surface area contributed by atoms with E-state index in [4.69, 9.17) is 9.47 Å². The number of carbonyl (C=O) groups is 11. The molecule has 2 aliphatic rings. The molecule has 10 amide bonds. The lowest BCUT2D eigenvalue weighted by Gasteiger charge is -2.40. The minimum atomic E-state index is -1.76. The van der Waals surface area contributed by atoms with Crippen molar-refractivity contribution >= 4 is 65.0 Å². The highest BCUT2D eigenvalue weighted by atomic mass is 16.6. The number of nitrogens with zero attached hydrogens (tertiary/aromatic N) is 7. The molecule has 0 aromatic carbocycles. The van der Waals surface area contributed by atoms with Crippen LogP contribution in [0.3, 0.4) is 0 Å². The Morgan fingerprint density at radius 3 is 1.33 bits per heavy atom. The fourth-order valence-corrected chi connectivity index (χ4v) is 12.2. The van der Waals surface area contributed by atoms with Crippen molar-refractivity contribution in [2.24, 2.45) is 47.3 Å². The van der Waals surface area contributed by atoms with Crippen LogP contribution in [0.1, 0.15) is 169 Å². The lowest BCUT2D eigenvalue weighted by Crippen LogP contribution is -2.64. The third kappa shape index (κ3) is 24.6. The Kier molecular flexibility index (Phi) is 34.6. The second kappa shape index (κ2) is 38.7. The van der Waals surface area contributed by atoms with Crippen molar-refractivity contribution < 1.29 is 72.4 Å². The van der Waals surface area contributed by atoms with E-state index in [1.165, 1.54) is 70.8 Å². The molecule has 540 valence electrons. The summed E-state index contributed by atoms with van der Waals surface area (Å²) in [4.78, 5) is 171. The number of aliphatic hydroxyl groups is 2. The van der Waals surface area contributed by atoms with Crippen LogP contribution in [0.5, 0.6) is 0 Å². The van der Waals surface area contributed by atoms with Crippen LogP contribution in [-0.2, 0) is 62.2 Å². The summed E-state index contributed by atoms with van der Waals surface area (Å²) in [5.74, 6) is -11.6. The normalized spacial score (nSPS) is 26.9. The van der Waals surface area contributed by atoms with Gasteiger partial charge in [0.05, 0.1) is 18.8 Å². The van der Waals surface area contributed by atoms with Crippen LogP contribution in [0.2, 0.25) is 0 Å². The minimum absolute atomic E-state index is 0.0778. The number of rotatable bonds is 19. The summed E-state index contributed by atoms with van der Waals surface area (Å²) in [5, 5.41) is 34.9. The van der Waals surface area contributed by atoms with E-state index in [0.717, 1.165) is 27.5 Å². The number of nitrogens with one attached hydrogen (secondary N) is 4. The number of ether oxygens (including phenoxy) is 2. The van der Waals surface area contributed by atoms with E-state index in [-0.39, 0.29) is 67.7 Å². The number of carbonyl (C=O) groups excluding carboxylic acids is 11. The first-order valence-electron chi connectivity index (χ1n) is 34.1. The third-order valence-corrected chi connectivity index (χ3v) is 18.1. The zero-order chi connectivity index (χ0) is 72.2. The predicted octanol–water partition coefficient (Wildman–Crippen LogP) is 2.89. The Morgan fingerprint density at radius 2 is 0.904 bits per heavy atom. The van der Waals surface area contributed by atoms with Crippen molar-refractivity contribution in [2.75, 3.05) is 75.6 Å². The zero-order valence-electron chi connectivity index (χ0n) is 61.4. The van der Waals surface area contributed by atoms with Gasteiger partial charge in [-0.15, -0.1) is 0 Å². The van der Waals surface area contributed by atoms with Gasteiger partial charge in [0.2, 0.25) is 53.2 Å². The molecule has 0 aromatic rings. The Morgan fingerprint density at radius 1 is 0.489 bits per heavy atom. The van der Waals surface area contributed by atoms with Crippen molar-refractivity contribution in [1.82, 2.24) is 55.6 Å². The van der Waals surface area contributed by atoms with Crippen LogP contribution in [0, 0.1) is 47.3 Å². The van der Waals surface area contributed by atoms with E-state index in [0.29, 0.717) is 26.2 Å². The van der Waals surface area contributed by atoms with Gasteiger partial charge in [0.15, 0.2) is 6.10 Å². The first-order valence-corrected chi connectivity index (χ1v) is 34.1.